The average molecular weight is 195 g/mol. The maximum atomic E-state index is 5.69. The zero-order valence-corrected chi connectivity index (χ0v) is 7.42. The van der Waals surface area contributed by atoms with E-state index in [1.54, 1.807) is 24.5 Å². The second-order valence-electron chi connectivity index (χ2n) is 2.54. The Bertz CT molecular complexity index is 406. The number of nitrogen functional groups attached to an aromatic ring is 1. The number of imidazole rings is 1. The van der Waals surface area contributed by atoms with Crippen LogP contribution in [0.25, 0.3) is 11.4 Å². The molecule has 0 saturated heterocycles. The van der Waals surface area contributed by atoms with E-state index in [0.29, 0.717) is 11.0 Å². The molecule has 0 aliphatic carbocycles. The lowest BCUT2D eigenvalue weighted by molar-refractivity contribution is 1.28. The number of halogens is 1. The summed E-state index contributed by atoms with van der Waals surface area (Å²) in [6.45, 7) is 0. The van der Waals surface area contributed by atoms with Crippen molar-refractivity contribution >= 4 is 17.5 Å². The van der Waals surface area contributed by atoms with Crippen LogP contribution in [0.1, 0.15) is 0 Å². The van der Waals surface area contributed by atoms with Crippen molar-refractivity contribution in [2.24, 2.45) is 0 Å². The zero-order chi connectivity index (χ0) is 9.26. The Hall–Kier alpha value is -1.55. The topological polar surface area (TPSA) is 67.6 Å². The third-order valence-electron chi connectivity index (χ3n) is 1.60. The lowest BCUT2D eigenvalue weighted by atomic mass is 10.3. The molecule has 2 aromatic heterocycles. The van der Waals surface area contributed by atoms with Gasteiger partial charge in [0.1, 0.15) is 0 Å². The molecule has 0 fully saturated rings. The zero-order valence-electron chi connectivity index (χ0n) is 6.66. The van der Waals surface area contributed by atoms with E-state index < -0.39 is 0 Å². The molecule has 0 unspecified atom stereocenters. The molecule has 0 saturated carbocycles. The molecule has 0 atom stereocenters. The van der Waals surface area contributed by atoms with E-state index in [4.69, 9.17) is 17.3 Å². The molecule has 66 valence electrons. The summed E-state index contributed by atoms with van der Waals surface area (Å²) < 4.78 is 0. The number of nitrogens with two attached hydrogens (primary N) is 1. The summed E-state index contributed by atoms with van der Waals surface area (Å²) in [5, 5.41) is 0.608. The Kier molecular flexibility index (Phi) is 1.90. The number of rotatable bonds is 1. The van der Waals surface area contributed by atoms with Crippen LogP contribution in [0.5, 0.6) is 0 Å². The maximum Gasteiger partial charge on any atom is 0.197 e. The minimum Gasteiger partial charge on any atom is -0.369 e. The van der Waals surface area contributed by atoms with Crippen molar-refractivity contribution in [1.29, 1.82) is 0 Å². The summed E-state index contributed by atoms with van der Waals surface area (Å²) in [5.41, 5.74) is 6.98. The van der Waals surface area contributed by atoms with Crippen LogP contribution in [0, 0.1) is 0 Å². The molecule has 13 heavy (non-hydrogen) atoms. The van der Waals surface area contributed by atoms with Gasteiger partial charge in [0, 0.05) is 6.20 Å². The number of aromatic nitrogens is 3. The Morgan fingerprint density at radius 3 is 2.62 bits per heavy atom. The van der Waals surface area contributed by atoms with Crippen molar-refractivity contribution in [3.8, 4) is 11.4 Å². The van der Waals surface area contributed by atoms with Gasteiger partial charge >= 0.3 is 0 Å². The SMILES string of the molecule is Nc1ncc(-c2ccc(Cl)cn2)[nH]1. The normalized spacial score (nSPS) is 10.2. The molecule has 2 rings (SSSR count). The lowest BCUT2D eigenvalue weighted by Crippen LogP contribution is -1.86. The first-order valence-electron chi connectivity index (χ1n) is 3.68. The summed E-state index contributed by atoms with van der Waals surface area (Å²) in [7, 11) is 0. The summed E-state index contributed by atoms with van der Waals surface area (Å²) in [5.74, 6) is 0.381. The molecule has 5 heteroatoms. The van der Waals surface area contributed by atoms with Crippen LogP contribution in [0.2, 0.25) is 5.02 Å². The molecule has 0 aliphatic rings. The number of nitrogens with zero attached hydrogens (tertiary/aromatic N) is 2. The molecule has 2 heterocycles. The van der Waals surface area contributed by atoms with E-state index >= 15 is 0 Å². The second-order valence-corrected chi connectivity index (χ2v) is 2.98. The molecule has 0 amide bonds. The monoisotopic (exact) mass is 194 g/mol. The Labute approximate surface area is 79.8 Å². The molecule has 4 nitrogen and oxygen atoms in total. The first kappa shape index (κ1) is 8.07. The quantitative estimate of drug-likeness (QED) is 0.726. The summed E-state index contributed by atoms with van der Waals surface area (Å²) >= 11 is 5.69. The van der Waals surface area contributed by atoms with Crippen LogP contribution in [-0.2, 0) is 0 Å². The smallest absolute Gasteiger partial charge is 0.197 e. The standard InChI is InChI=1S/C8H7ClN4/c9-5-1-2-6(11-3-5)7-4-12-8(10)13-7/h1-4H,(H3,10,12,13). The van der Waals surface area contributed by atoms with Crippen molar-refractivity contribution in [3.05, 3.63) is 29.5 Å². The highest BCUT2D eigenvalue weighted by Crippen LogP contribution is 2.16. The van der Waals surface area contributed by atoms with Gasteiger partial charge in [-0.2, -0.15) is 0 Å². The number of H-pyrrole nitrogens is 1. The van der Waals surface area contributed by atoms with Gasteiger partial charge in [0.25, 0.3) is 0 Å². The van der Waals surface area contributed by atoms with Crippen molar-refractivity contribution in [3.63, 3.8) is 0 Å². The number of anilines is 1. The van der Waals surface area contributed by atoms with Gasteiger partial charge in [-0.3, -0.25) is 4.98 Å². The number of pyridine rings is 1. The van der Waals surface area contributed by atoms with Crippen molar-refractivity contribution in [2.75, 3.05) is 5.73 Å². The molecular weight excluding hydrogens is 188 g/mol. The molecule has 0 aliphatic heterocycles. The van der Waals surface area contributed by atoms with Crippen molar-refractivity contribution < 1.29 is 0 Å². The third kappa shape index (κ3) is 1.62. The van der Waals surface area contributed by atoms with Gasteiger partial charge in [-0.15, -0.1) is 0 Å². The van der Waals surface area contributed by atoms with E-state index in [-0.39, 0.29) is 0 Å². The Balaban J connectivity index is 2.41. The van der Waals surface area contributed by atoms with Crippen LogP contribution in [0.4, 0.5) is 5.95 Å². The highest BCUT2D eigenvalue weighted by Gasteiger charge is 2.01. The fourth-order valence-corrected chi connectivity index (χ4v) is 1.11. The van der Waals surface area contributed by atoms with Gasteiger partial charge < -0.3 is 10.7 Å². The van der Waals surface area contributed by atoms with Gasteiger partial charge in [-0.05, 0) is 12.1 Å². The van der Waals surface area contributed by atoms with Crippen molar-refractivity contribution in [2.45, 2.75) is 0 Å². The highest BCUT2D eigenvalue weighted by atomic mass is 35.5. The summed E-state index contributed by atoms with van der Waals surface area (Å²) in [6, 6.07) is 3.57. The molecule has 2 aromatic rings. The predicted molar refractivity (Wildman–Crippen MR) is 51.2 cm³/mol. The fourth-order valence-electron chi connectivity index (χ4n) is 1.00. The molecule has 3 N–H and O–H groups in total. The van der Waals surface area contributed by atoms with E-state index in [0.717, 1.165) is 11.4 Å². The van der Waals surface area contributed by atoms with Crippen molar-refractivity contribution in [1.82, 2.24) is 15.0 Å². The first-order valence-corrected chi connectivity index (χ1v) is 4.06. The number of nitrogens with one attached hydrogen (secondary N) is 1. The summed E-state index contributed by atoms with van der Waals surface area (Å²) in [6.07, 6.45) is 3.21. The molecule has 0 spiro atoms. The Morgan fingerprint density at radius 1 is 1.23 bits per heavy atom. The van der Waals surface area contributed by atoms with E-state index in [2.05, 4.69) is 15.0 Å². The average Bonchev–Trinajstić information content (AvgIpc) is 2.53. The molecule has 0 aromatic carbocycles. The van der Waals surface area contributed by atoms with E-state index in [1.807, 2.05) is 0 Å². The largest absolute Gasteiger partial charge is 0.369 e. The number of hydrogen-bond acceptors (Lipinski definition) is 3. The van der Waals surface area contributed by atoms with Gasteiger partial charge in [0.2, 0.25) is 0 Å². The van der Waals surface area contributed by atoms with Crippen LogP contribution in [-0.4, -0.2) is 15.0 Å². The van der Waals surface area contributed by atoms with Crippen LogP contribution in [0.15, 0.2) is 24.5 Å². The van der Waals surface area contributed by atoms with Gasteiger partial charge in [-0.25, -0.2) is 4.98 Å². The van der Waals surface area contributed by atoms with Crippen LogP contribution < -0.4 is 5.73 Å². The van der Waals surface area contributed by atoms with Crippen LogP contribution >= 0.6 is 11.6 Å². The minimum atomic E-state index is 0.381. The second kappa shape index (κ2) is 3.06. The molecular formula is C8H7ClN4. The summed E-state index contributed by atoms with van der Waals surface area (Å²) in [4.78, 5) is 10.8. The van der Waals surface area contributed by atoms with Crippen LogP contribution in [0.3, 0.4) is 0 Å². The van der Waals surface area contributed by atoms with E-state index in [1.165, 1.54) is 0 Å². The third-order valence-corrected chi connectivity index (χ3v) is 1.82. The highest BCUT2D eigenvalue weighted by molar-refractivity contribution is 6.30. The van der Waals surface area contributed by atoms with Gasteiger partial charge in [-0.1, -0.05) is 11.6 Å². The van der Waals surface area contributed by atoms with E-state index in [9.17, 15) is 0 Å². The first-order chi connectivity index (χ1) is 6.25. The lowest BCUT2D eigenvalue weighted by Gasteiger charge is -1.95. The predicted octanol–water partition coefficient (Wildman–Crippen LogP) is 1.71. The minimum absolute atomic E-state index is 0.381. The van der Waals surface area contributed by atoms with Gasteiger partial charge in [0.15, 0.2) is 5.95 Å². The molecule has 0 bridgehead atoms. The number of aromatic amines is 1. The Morgan fingerprint density at radius 2 is 2.08 bits per heavy atom. The maximum absolute atomic E-state index is 5.69. The fraction of sp³-hybridized carbons (Fsp3) is 0. The number of hydrogen-bond donors (Lipinski definition) is 2. The van der Waals surface area contributed by atoms with Gasteiger partial charge in [0.05, 0.1) is 22.6 Å². The molecule has 0 radical (unpaired) electrons.